The summed E-state index contributed by atoms with van der Waals surface area (Å²) < 4.78 is 13.1. The van der Waals surface area contributed by atoms with Crippen LogP contribution in [0.5, 0.6) is 0 Å². The first-order valence-corrected chi connectivity index (χ1v) is 8.64. The number of aromatic nitrogens is 1. The molecular weight excluding hydrogens is 323 g/mol. The second-order valence-corrected chi connectivity index (χ2v) is 6.96. The van der Waals surface area contributed by atoms with Gasteiger partial charge < -0.3 is 10.0 Å². The molecule has 1 atom stereocenters. The van der Waals surface area contributed by atoms with Crippen LogP contribution in [0.1, 0.15) is 35.4 Å². The summed E-state index contributed by atoms with van der Waals surface area (Å²) >= 11 is 7.72. The summed E-state index contributed by atoms with van der Waals surface area (Å²) in [5.41, 5.74) is 0.588. The Balaban J connectivity index is 1.56. The van der Waals surface area contributed by atoms with E-state index in [1.165, 1.54) is 17.1 Å². The van der Waals surface area contributed by atoms with Crippen LogP contribution in [0.15, 0.2) is 29.8 Å². The van der Waals surface area contributed by atoms with Crippen LogP contribution in [0, 0.1) is 5.82 Å². The Hall–Kier alpha value is -1.01. The van der Waals surface area contributed by atoms with Gasteiger partial charge in [0, 0.05) is 34.6 Å². The van der Waals surface area contributed by atoms with Crippen LogP contribution in [-0.2, 0) is 0 Å². The average Bonchev–Trinajstić information content (AvgIpc) is 3.02. The van der Waals surface area contributed by atoms with E-state index in [-0.39, 0.29) is 10.8 Å². The van der Waals surface area contributed by atoms with Gasteiger partial charge in [0.25, 0.3) is 0 Å². The maximum Gasteiger partial charge on any atom is 0.124 e. The van der Waals surface area contributed by atoms with Gasteiger partial charge in [-0.3, -0.25) is 0 Å². The SMILES string of the molecule is O[C@H](CN1CCC(c2nccs2)CC1)c1ccc(F)cc1Cl. The molecule has 1 aromatic heterocycles. The van der Waals surface area contributed by atoms with E-state index < -0.39 is 6.10 Å². The van der Waals surface area contributed by atoms with E-state index in [0.717, 1.165) is 25.9 Å². The molecule has 1 N–H and O–H groups in total. The minimum Gasteiger partial charge on any atom is -0.387 e. The monoisotopic (exact) mass is 340 g/mol. The van der Waals surface area contributed by atoms with Crippen molar-refractivity contribution in [1.82, 2.24) is 9.88 Å². The number of β-amino-alcohol motifs (C(OH)–C–C–N with tert-alkyl or cyclic N) is 1. The Kier molecular flexibility index (Phi) is 5.08. The quantitative estimate of drug-likeness (QED) is 0.918. The average molecular weight is 341 g/mol. The zero-order valence-corrected chi connectivity index (χ0v) is 13.7. The summed E-state index contributed by atoms with van der Waals surface area (Å²) in [5.74, 6) is 0.146. The van der Waals surface area contributed by atoms with Gasteiger partial charge in [0.1, 0.15) is 5.82 Å². The molecule has 0 unspecified atom stereocenters. The Morgan fingerprint density at radius 2 is 2.18 bits per heavy atom. The van der Waals surface area contributed by atoms with Crippen molar-refractivity contribution < 1.29 is 9.50 Å². The highest BCUT2D eigenvalue weighted by Crippen LogP contribution is 2.31. The molecule has 0 spiro atoms. The molecular formula is C16H18ClFN2OS. The molecule has 1 aliphatic heterocycles. The highest BCUT2D eigenvalue weighted by atomic mass is 35.5. The number of likely N-dealkylation sites (tertiary alicyclic amines) is 1. The van der Waals surface area contributed by atoms with Crippen molar-refractivity contribution >= 4 is 22.9 Å². The fraction of sp³-hybridized carbons (Fsp3) is 0.438. The minimum absolute atomic E-state index is 0.283. The number of thiazole rings is 1. The topological polar surface area (TPSA) is 36.4 Å². The lowest BCUT2D eigenvalue weighted by atomic mass is 9.97. The number of benzene rings is 1. The third-order valence-corrected chi connectivity index (χ3v) is 5.41. The van der Waals surface area contributed by atoms with Gasteiger partial charge in [-0.25, -0.2) is 9.37 Å². The predicted molar refractivity (Wildman–Crippen MR) is 86.9 cm³/mol. The molecule has 1 saturated heterocycles. The molecule has 0 bridgehead atoms. The number of hydrogen-bond acceptors (Lipinski definition) is 4. The van der Waals surface area contributed by atoms with Crippen LogP contribution in [0.3, 0.4) is 0 Å². The first-order chi connectivity index (χ1) is 10.6. The van der Waals surface area contributed by atoms with E-state index in [4.69, 9.17) is 11.6 Å². The van der Waals surface area contributed by atoms with Crippen LogP contribution in [-0.4, -0.2) is 34.6 Å². The first-order valence-electron chi connectivity index (χ1n) is 7.38. The molecule has 6 heteroatoms. The minimum atomic E-state index is -0.690. The molecule has 1 fully saturated rings. The zero-order chi connectivity index (χ0) is 15.5. The highest BCUT2D eigenvalue weighted by Gasteiger charge is 2.24. The highest BCUT2D eigenvalue weighted by molar-refractivity contribution is 7.09. The van der Waals surface area contributed by atoms with Crippen molar-refractivity contribution in [2.45, 2.75) is 24.9 Å². The Morgan fingerprint density at radius 3 is 2.82 bits per heavy atom. The van der Waals surface area contributed by atoms with E-state index in [1.54, 1.807) is 17.4 Å². The van der Waals surface area contributed by atoms with E-state index in [9.17, 15) is 9.50 Å². The van der Waals surface area contributed by atoms with Crippen molar-refractivity contribution in [2.24, 2.45) is 0 Å². The molecule has 1 aromatic carbocycles. The summed E-state index contributed by atoms with van der Waals surface area (Å²) in [6, 6.07) is 4.14. The fourth-order valence-corrected chi connectivity index (χ4v) is 4.02. The summed E-state index contributed by atoms with van der Waals surface area (Å²) in [6.07, 6.45) is 3.27. The number of nitrogens with zero attached hydrogens (tertiary/aromatic N) is 2. The van der Waals surface area contributed by atoms with Gasteiger partial charge in [-0.2, -0.15) is 0 Å². The third-order valence-electron chi connectivity index (χ3n) is 4.14. The number of piperidine rings is 1. The van der Waals surface area contributed by atoms with Gasteiger partial charge in [0.05, 0.1) is 11.1 Å². The van der Waals surface area contributed by atoms with Crippen molar-refractivity contribution in [2.75, 3.05) is 19.6 Å². The van der Waals surface area contributed by atoms with Gasteiger partial charge in [0.15, 0.2) is 0 Å². The lowest BCUT2D eigenvalue weighted by molar-refractivity contribution is 0.0972. The fourth-order valence-electron chi connectivity index (χ4n) is 2.91. The van der Waals surface area contributed by atoms with Gasteiger partial charge in [-0.05, 0) is 38.1 Å². The van der Waals surface area contributed by atoms with Gasteiger partial charge in [-0.1, -0.05) is 17.7 Å². The Bertz CT molecular complexity index is 615. The largest absolute Gasteiger partial charge is 0.387 e. The molecule has 3 rings (SSSR count). The normalized spacial score (nSPS) is 18.5. The maximum atomic E-state index is 13.1. The number of rotatable bonds is 4. The number of hydrogen-bond donors (Lipinski definition) is 1. The number of aliphatic hydroxyl groups excluding tert-OH is 1. The van der Waals surface area contributed by atoms with Crippen molar-refractivity contribution in [3.05, 3.63) is 51.2 Å². The molecule has 1 aliphatic rings. The lowest BCUT2D eigenvalue weighted by Crippen LogP contribution is -2.36. The molecule has 0 radical (unpaired) electrons. The van der Waals surface area contributed by atoms with Crippen LogP contribution in [0.25, 0.3) is 0 Å². The molecule has 118 valence electrons. The summed E-state index contributed by atoms with van der Waals surface area (Å²) in [6.45, 7) is 2.39. The van der Waals surface area contributed by atoms with Crippen molar-refractivity contribution in [1.29, 1.82) is 0 Å². The van der Waals surface area contributed by atoms with Crippen molar-refractivity contribution in [3.63, 3.8) is 0 Å². The summed E-state index contributed by atoms with van der Waals surface area (Å²) in [4.78, 5) is 6.62. The molecule has 0 saturated carbocycles. The zero-order valence-electron chi connectivity index (χ0n) is 12.1. The number of aliphatic hydroxyl groups is 1. The third kappa shape index (κ3) is 3.66. The summed E-state index contributed by atoms with van der Waals surface area (Å²) in [5, 5.41) is 13.8. The second-order valence-electron chi connectivity index (χ2n) is 5.63. The second kappa shape index (κ2) is 7.04. The van der Waals surface area contributed by atoms with Gasteiger partial charge in [0.2, 0.25) is 0 Å². The molecule has 0 aliphatic carbocycles. The lowest BCUT2D eigenvalue weighted by Gasteiger charge is -2.32. The summed E-state index contributed by atoms with van der Waals surface area (Å²) in [7, 11) is 0. The smallest absolute Gasteiger partial charge is 0.124 e. The van der Waals surface area contributed by atoms with Crippen LogP contribution >= 0.6 is 22.9 Å². The van der Waals surface area contributed by atoms with E-state index in [0.29, 0.717) is 18.0 Å². The van der Waals surface area contributed by atoms with Crippen LogP contribution < -0.4 is 0 Å². The standard InChI is InChI=1S/C16H18ClFN2OS/c17-14-9-12(18)1-2-13(14)15(21)10-20-6-3-11(4-7-20)16-19-5-8-22-16/h1-2,5,8-9,11,15,21H,3-4,6-7,10H2/t15-/m1/s1. The predicted octanol–water partition coefficient (Wildman–Crippen LogP) is 3.85. The van der Waals surface area contributed by atoms with E-state index >= 15 is 0 Å². The molecule has 22 heavy (non-hydrogen) atoms. The molecule has 3 nitrogen and oxygen atoms in total. The Labute approximate surface area is 138 Å². The Morgan fingerprint density at radius 1 is 1.41 bits per heavy atom. The van der Waals surface area contributed by atoms with Crippen LogP contribution in [0.4, 0.5) is 4.39 Å². The number of halogens is 2. The van der Waals surface area contributed by atoms with Crippen LogP contribution in [0.2, 0.25) is 5.02 Å². The van der Waals surface area contributed by atoms with Gasteiger partial charge in [-0.15, -0.1) is 11.3 Å². The molecule has 0 amide bonds. The molecule has 2 heterocycles. The van der Waals surface area contributed by atoms with E-state index in [2.05, 4.69) is 9.88 Å². The van der Waals surface area contributed by atoms with Crippen molar-refractivity contribution in [3.8, 4) is 0 Å². The molecule has 2 aromatic rings. The first kappa shape index (κ1) is 15.9. The maximum absolute atomic E-state index is 13.1. The van der Waals surface area contributed by atoms with Gasteiger partial charge >= 0.3 is 0 Å². The van der Waals surface area contributed by atoms with E-state index in [1.807, 2.05) is 11.6 Å².